The third-order valence-electron chi connectivity index (χ3n) is 2.64. The van der Waals surface area contributed by atoms with Gasteiger partial charge >= 0.3 is 0 Å². The van der Waals surface area contributed by atoms with E-state index in [2.05, 4.69) is 26.6 Å². The van der Waals surface area contributed by atoms with E-state index in [9.17, 15) is 14.7 Å². The van der Waals surface area contributed by atoms with E-state index in [-0.39, 0.29) is 17.2 Å². The third-order valence-corrected chi connectivity index (χ3v) is 3.14. The van der Waals surface area contributed by atoms with Crippen molar-refractivity contribution in [3.63, 3.8) is 0 Å². The standard InChI is InChI=1S/C15H13BrN2O3/c1-9(19)17-11-3-2-4-12(8-11)18-15(21)13-7-10(16)5-6-14(13)20/h2-8,20H,1H3,(H,17,19)(H,18,21). The maximum atomic E-state index is 12.1. The predicted octanol–water partition coefficient (Wildman–Crippen LogP) is 3.37. The smallest absolute Gasteiger partial charge is 0.259 e. The van der Waals surface area contributed by atoms with Gasteiger partial charge in [-0.05, 0) is 36.4 Å². The Morgan fingerprint density at radius 3 is 2.38 bits per heavy atom. The number of phenols is 1. The molecule has 0 unspecified atom stereocenters. The Bertz CT molecular complexity index is 701. The van der Waals surface area contributed by atoms with Crippen LogP contribution < -0.4 is 10.6 Å². The van der Waals surface area contributed by atoms with Crippen molar-refractivity contribution in [2.75, 3.05) is 10.6 Å². The second-order valence-corrected chi connectivity index (χ2v) is 5.29. The quantitative estimate of drug-likeness (QED) is 0.795. The second-order valence-electron chi connectivity index (χ2n) is 4.38. The van der Waals surface area contributed by atoms with Crippen LogP contribution in [0.4, 0.5) is 11.4 Å². The van der Waals surface area contributed by atoms with Crippen LogP contribution >= 0.6 is 15.9 Å². The van der Waals surface area contributed by atoms with Crippen LogP contribution in [0.25, 0.3) is 0 Å². The van der Waals surface area contributed by atoms with Gasteiger partial charge in [0.1, 0.15) is 5.75 Å². The number of halogens is 1. The number of aromatic hydroxyl groups is 1. The van der Waals surface area contributed by atoms with E-state index in [0.717, 1.165) is 0 Å². The molecule has 0 aliphatic heterocycles. The monoisotopic (exact) mass is 348 g/mol. The minimum atomic E-state index is -0.436. The number of rotatable bonds is 3. The van der Waals surface area contributed by atoms with Gasteiger partial charge < -0.3 is 15.7 Å². The van der Waals surface area contributed by atoms with Gasteiger partial charge in [-0.15, -0.1) is 0 Å². The Balaban J connectivity index is 2.19. The van der Waals surface area contributed by atoms with Crippen LogP contribution in [0, 0.1) is 0 Å². The number of nitrogens with one attached hydrogen (secondary N) is 2. The second kappa shape index (κ2) is 6.41. The molecule has 0 aliphatic carbocycles. The Morgan fingerprint density at radius 2 is 1.71 bits per heavy atom. The summed E-state index contributed by atoms with van der Waals surface area (Å²) in [6, 6.07) is 11.4. The molecule has 0 radical (unpaired) electrons. The lowest BCUT2D eigenvalue weighted by atomic mass is 10.2. The lowest BCUT2D eigenvalue weighted by Gasteiger charge is -2.09. The van der Waals surface area contributed by atoms with Crippen molar-refractivity contribution in [3.8, 4) is 5.75 Å². The van der Waals surface area contributed by atoms with Crippen molar-refractivity contribution >= 4 is 39.1 Å². The molecule has 0 aromatic heterocycles. The van der Waals surface area contributed by atoms with Gasteiger partial charge in [0.2, 0.25) is 5.91 Å². The van der Waals surface area contributed by atoms with Crippen LogP contribution in [0.15, 0.2) is 46.9 Å². The lowest BCUT2D eigenvalue weighted by molar-refractivity contribution is -0.114. The first kappa shape index (κ1) is 15.1. The summed E-state index contributed by atoms with van der Waals surface area (Å²) in [7, 11) is 0. The zero-order valence-corrected chi connectivity index (χ0v) is 12.8. The molecule has 5 nitrogen and oxygen atoms in total. The molecule has 3 N–H and O–H groups in total. The molecule has 0 aliphatic rings. The van der Waals surface area contributed by atoms with Crippen molar-refractivity contribution in [2.24, 2.45) is 0 Å². The van der Waals surface area contributed by atoms with Gasteiger partial charge in [0.05, 0.1) is 5.56 Å². The van der Waals surface area contributed by atoms with E-state index in [1.165, 1.54) is 19.1 Å². The molecule has 2 aromatic carbocycles. The molecule has 0 heterocycles. The van der Waals surface area contributed by atoms with E-state index < -0.39 is 5.91 Å². The summed E-state index contributed by atoms with van der Waals surface area (Å²) in [6.45, 7) is 1.41. The Hall–Kier alpha value is -2.34. The summed E-state index contributed by atoms with van der Waals surface area (Å²) in [6.07, 6.45) is 0. The van der Waals surface area contributed by atoms with Gasteiger partial charge in [0.15, 0.2) is 0 Å². The fourth-order valence-electron chi connectivity index (χ4n) is 1.77. The number of carbonyl (C=O) groups is 2. The molecule has 6 heteroatoms. The fraction of sp³-hybridized carbons (Fsp3) is 0.0667. The highest BCUT2D eigenvalue weighted by molar-refractivity contribution is 9.10. The van der Waals surface area contributed by atoms with Gasteiger partial charge in [0.25, 0.3) is 5.91 Å². The summed E-state index contributed by atoms with van der Waals surface area (Å²) in [5.41, 5.74) is 1.26. The topological polar surface area (TPSA) is 78.4 Å². The zero-order chi connectivity index (χ0) is 15.4. The molecule has 21 heavy (non-hydrogen) atoms. The molecule has 0 saturated carbocycles. The van der Waals surface area contributed by atoms with Crippen LogP contribution in [0.5, 0.6) is 5.75 Å². The molecule has 0 atom stereocenters. The molecule has 108 valence electrons. The van der Waals surface area contributed by atoms with Crippen LogP contribution in [0.3, 0.4) is 0 Å². The van der Waals surface area contributed by atoms with Gasteiger partial charge in [-0.3, -0.25) is 9.59 Å². The summed E-state index contributed by atoms with van der Waals surface area (Å²) in [5.74, 6) is -0.731. The maximum absolute atomic E-state index is 12.1. The summed E-state index contributed by atoms with van der Waals surface area (Å²) in [5, 5.41) is 15.0. The highest BCUT2D eigenvalue weighted by Gasteiger charge is 2.12. The molecule has 0 spiro atoms. The number of hydrogen-bond donors (Lipinski definition) is 3. The van der Waals surface area contributed by atoms with Crippen LogP contribution in [0.2, 0.25) is 0 Å². The molecular formula is C15H13BrN2O3. The molecule has 0 saturated heterocycles. The Morgan fingerprint density at radius 1 is 1.05 bits per heavy atom. The van der Waals surface area contributed by atoms with Gasteiger partial charge in [-0.2, -0.15) is 0 Å². The minimum Gasteiger partial charge on any atom is -0.507 e. The number of amides is 2. The van der Waals surface area contributed by atoms with Gasteiger partial charge in [-0.1, -0.05) is 22.0 Å². The summed E-state index contributed by atoms with van der Waals surface area (Å²) < 4.78 is 0.692. The lowest BCUT2D eigenvalue weighted by Crippen LogP contribution is -2.12. The van der Waals surface area contributed by atoms with E-state index in [0.29, 0.717) is 15.8 Å². The first-order chi connectivity index (χ1) is 9.95. The maximum Gasteiger partial charge on any atom is 0.259 e. The first-order valence-electron chi connectivity index (χ1n) is 6.13. The van der Waals surface area contributed by atoms with Crippen molar-refractivity contribution in [2.45, 2.75) is 6.92 Å². The Kier molecular flexibility index (Phi) is 4.59. The third kappa shape index (κ3) is 4.06. The van der Waals surface area contributed by atoms with E-state index >= 15 is 0 Å². The minimum absolute atomic E-state index is 0.103. The molecule has 0 fully saturated rings. The fourth-order valence-corrected chi connectivity index (χ4v) is 2.13. The van der Waals surface area contributed by atoms with Crippen molar-refractivity contribution in [3.05, 3.63) is 52.5 Å². The van der Waals surface area contributed by atoms with E-state index in [1.807, 2.05) is 0 Å². The zero-order valence-electron chi connectivity index (χ0n) is 11.2. The molecule has 2 rings (SSSR count). The predicted molar refractivity (Wildman–Crippen MR) is 84.5 cm³/mol. The first-order valence-corrected chi connectivity index (χ1v) is 6.92. The highest BCUT2D eigenvalue weighted by Crippen LogP contribution is 2.23. The van der Waals surface area contributed by atoms with Gasteiger partial charge in [0, 0.05) is 22.8 Å². The number of anilines is 2. The van der Waals surface area contributed by atoms with E-state index in [4.69, 9.17) is 0 Å². The Labute approximate surface area is 130 Å². The van der Waals surface area contributed by atoms with Gasteiger partial charge in [-0.25, -0.2) is 0 Å². The highest BCUT2D eigenvalue weighted by atomic mass is 79.9. The SMILES string of the molecule is CC(=O)Nc1cccc(NC(=O)c2cc(Br)ccc2O)c1. The van der Waals surface area contributed by atoms with Crippen molar-refractivity contribution in [1.82, 2.24) is 0 Å². The molecular weight excluding hydrogens is 336 g/mol. The average Bonchev–Trinajstić information content (AvgIpc) is 2.41. The average molecular weight is 349 g/mol. The number of carbonyl (C=O) groups excluding carboxylic acids is 2. The molecule has 2 aromatic rings. The van der Waals surface area contributed by atoms with Crippen molar-refractivity contribution in [1.29, 1.82) is 0 Å². The molecule has 2 amide bonds. The summed E-state index contributed by atoms with van der Waals surface area (Å²) >= 11 is 3.25. The van der Waals surface area contributed by atoms with Crippen LogP contribution in [-0.2, 0) is 4.79 Å². The number of phenolic OH excluding ortho intramolecular Hbond substituents is 1. The number of hydrogen-bond acceptors (Lipinski definition) is 3. The number of benzene rings is 2. The van der Waals surface area contributed by atoms with Crippen molar-refractivity contribution < 1.29 is 14.7 Å². The van der Waals surface area contributed by atoms with Crippen LogP contribution in [0.1, 0.15) is 17.3 Å². The normalized spacial score (nSPS) is 10.0. The largest absolute Gasteiger partial charge is 0.507 e. The van der Waals surface area contributed by atoms with Crippen LogP contribution in [-0.4, -0.2) is 16.9 Å². The summed E-state index contributed by atoms with van der Waals surface area (Å²) in [4.78, 5) is 23.2. The molecule has 0 bridgehead atoms. The van der Waals surface area contributed by atoms with E-state index in [1.54, 1.807) is 30.3 Å².